The number of aromatic nitrogens is 1. The number of unbranched alkanes of at least 4 members (excludes halogenated alkanes) is 25. The van der Waals surface area contributed by atoms with E-state index in [1.807, 2.05) is 24.3 Å². The average Bonchev–Trinajstić information content (AvgIpc) is 3.75. The maximum Gasteiger partial charge on any atom is 0.305 e. The number of hydrogen-bond acceptors (Lipinski definition) is 7. The summed E-state index contributed by atoms with van der Waals surface area (Å²) in [6.07, 6.45) is 34.5. The van der Waals surface area contributed by atoms with Crippen LogP contribution in [0.5, 0.6) is 0 Å². The van der Waals surface area contributed by atoms with E-state index in [-0.39, 0.29) is 31.1 Å². The van der Waals surface area contributed by atoms with Crippen LogP contribution in [0.4, 0.5) is 0 Å². The molecule has 0 radical (unpaired) electrons. The fourth-order valence-electron chi connectivity index (χ4n) is 8.87. The molecule has 0 aliphatic rings. The van der Waals surface area contributed by atoms with Crippen LogP contribution < -0.4 is 32.3 Å². The third-order valence-electron chi connectivity index (χ3n) is 13.1. The van der Waals surface area contributed by atoms with E-state index in [1.54, 1.807) is 6.20 Å². The van der Waals surface area contributed by atoms with Gasteiger partial charge in [0.05, 0.1) is 13.0 Å². The summed E-state index contributed by atoms with van der Waals surface area (Å²) in [5, 5.41) is 23.6. The van der Waals surface area contributed by atoms with Crippen molar-refractivity contribution in [3.8, 4) is 0 Å². The van der Waals surface area contributed by atoms with Gasteiger partial charge in [-0.3, -0.25) is 33.6 Å². The lowest BCUT2D eigenvalue weighted by Crippen LogP contribution is -2.55. The van der Waals surface area contributed by atoms with Crippen LogP contribution in [0.3, 0.4) is 0 Å². The number of nitrogens with two attached hydrogens (primary N) is 1. The first-order valence-electron chi connectivity index (χ1n) is 27.4. The molecule has 1 heterocycles. The van der Waals surface area contributed by atoms with Crippen LogP contribution in [0.25, 0.3) is 10.9 Å². The van der Waals surface area contributed by atoms with Crippen molar-refractivity contribution in [3.05, 3.63) is 36.0 Å². The Morgan fingerprint density at radius 1 is 0.529 bits per heavy atom. The highest BCUT2D eigenvalue weighted by atomic mass is 16.4. The zero-order valence-corrected chi connectivity index (χ0v) is 43.2. The summed E-state index contributed by atoms with van der Waals surface area (Å²) in [5.41, 5.74) is 7.15. The topological polar surface area (TPSA) is 242 Å². The van der Waals surface area contributed by atoms with Crippen LogP contribution in [-0.4, -0.2) is 82.7 Å². The van der Waals surface area contributed by atoms with Gasteiger partial charge in [-0.1, -0.05) is 186 Å². The number of nitrogens with one attached hydrogen (secondary N) is 6. The summed E-state index contributed by atoms with van der Waals surface area (Å²) < 4.78 is 0. The molecule has 15 heteroatoms. The number of aliphatic carboxylic acids is 1. The smallest absolute Gasteiger partial charge is 0.305 e. The van der Waals surface area contributed by atoms with Crippen molar-refractivity contribution >= 4 is 52.3 Å². The standard InChI is InChI=1S/C55H93N7O8/c1-3-5-7-9-11-13-15-17-19-21-23-25-27-36-49(63)57-38-32-31-35-46(60-50(64)37-28-26-24-22-20-18-16-14-12-10-8-6-4-2)54(69)59-42-51(65)61-48(40-52(66)67)55(70)62-47(53(56)68)39-43-41-58-45-34-30-29-33-44(43)45/h29-30,33-34,41,46-48,58H,3-28,31-32,35-40,42H2,1-2H3,(H2,56,68)(H,57,63)(H,59,69)(H,60,64)(H,61,65)(H,62,70)(H,66,67)/t46-,47-,48-/m0/s1. The molecule has 2 rings (SSSR count). The molecule has 0 saturated heterocycles. The second-order valence-electron chi connectivity index (χ2n) is 19.4. The van der Waals surface area contributed by atoms with E-state index in [1.165, 1.54) is 122 Å². The third kappa shape index (κ3) is 29.9. The van der Waals surface area contributed by atoms with Crippen molar-refractivity contribution in [3.63, 3.8) is 0 Å². The number of carboxylic acids is 1. The lowest BCUT2D eigenvalue weighted by Gasteiger charge is -2.22. The summed E-state index contributed by atoms with van der Waals surface area (Å²) >= 11 is 0. The first-order valence-corrected chi connectivity index (χ1v) is 27.4. The number of H-pyrrole nitrogens is 1. The molecule has 70 heavy (non-hydrogen) atoms. The monoisotopic (exact) mass is 980 g/mol. The number of carbonyl (C=O) groups is 7. The Balaban J connectivity index is 1.84. The summed E-state index contributed by atoms with van der Waals surface area (Å²) in [6, 6.07) is 3.64. The van der Waals surface area contributed by atoms with E-state index in [0.29, 0.717) is 37.8 Å². The van der Waals surface area contributed by atoms with E-state index in [2.05, 4.69) is 45.4 Å². The number of rotatable bonds is 45. The number of para-hydroxylation sites is 1. The quantitative estimate of drug-likeness (QED) is 0.0297. The minimum Gasteiger partial charge on any atom is -0.481 e. The molecule has 0 bridgehead atoms. The van der Waals surface area contributed by atoms with Crippen LogP contribution in [0.1, 0.15) is 225 Å². The highest BCUT2D eigenvalue weighted by molar-refractivity contribution is 5.96. The van der Waals surface area contributed by atoms with Gasteiger partial charge in [0.1, 0.15) is 18.1 Å². The molecule has 0 aliphatic heterocycles. The third-order valence-corrected chi connectivity index (χ3v) is 13.1. The highest BCUT2D eigenvalue weighted by Gasteiger charge is 2.29. The van der Waals surface area contributed by atoms with Crippen LogP contribution in [0, 0.1) is 0 Å². The fourth-order valence-corrected chi connectivity index (χ4v) is 8.87. The SMILES string of the molecule is CCCCCCCCCCCCCCCC(=O)NCCCC[C@H](NC(=O)CCCCCCCCCCCCCCC)C(=O)NCC(=O)N[C@@H](CC(=O)O)C(=O)N[C@@H](Cc1c[nH]c2ccccc12)C(N)=O. The molecule has 9 N–H and O–H groups in total. The zero-order valence-electron chi connectivity index (χ0n) is 43.2. The summed E-state index contributed by atoms with van der Waals surface area (Å²) in [7, 11) is 0. The maximum atomic E-state index is 13.5. The van der Waals surface area contributed by atoms with Gasteiger partial charge in [-0.05, 0) is 43.7 Å². The molecule has 0 saturated carbocycles. The molecule has 0 unspecified atom stereocenters. The molecular weight excluding hydrogens is 887 g/mol. The van der Waals surface area contributed by atoms with E-state index < -0.39 is 60.7 Å². The Morgan fingerprint density at radius 2 is 1.01 bits per heavy atom. The first kappa shape index (κ1) is 61.2. The molecule has 6 amide bonds. The molecule has 3 atom stereocenters. The molecule has 15 nitrogen and oxygen atoms in total. The molecule has 1 aromatic heterocycles. The Labute approximate surface area is 419 Å². The van der Waals surface area contributed by atoms with Crippen molar-refractivity contribution in [2.75, 3.05) is 13.1 Å². The zero-order chi connectivity index (χ0) is 51.0. The van der Waals surface area contributed by atoms with Gasteiger partial charge in [0.2, 0.25) is 35.4 Å². The van der Waals surface area contributed by atoms with Crippen molar-refractivity contribution < 1.29 is 38.7 Å². The second-order valence-corrected chi connectivity index (χ2v) is 19.4. The van der Waals surface area contributed by atoms with E-state index in [9.17, 15) is 38.7 Å². The molecule has 1 aromatic carbocycles. The van der Waals surface area contributed by atoms with Gasteiger partial charge in [-0.2, -0.15) is 0 Å². The van der Waals surface area contributed by atoms with E-state index in [4.69, 9.17) is 5.73 Å². The lowest BCUT2D eigenvalue weighted by atomic mass is 10.0. The number of carbonyl (C=O) groups excluding carboxylic acids is 6. The summed E-state index contributed by atoms with van der Waals surface area (Å²) in [6.45, 7) is 4.32. The lowest BCUT2D eigenvalue weighted by molar-refractivity contribution is -0.141. The molecule has 2 aromatic rings. The number of amides is 6. The van der Waals surface area contributed by atoms with Gasteiger partial charge in [-0.25, -0.2) is 0 Å². The maximum absolute atomic E-state index is 13.5. The molecular formula is C55H93N7O8. The van der Waals surface area contributed by atoms with Crippen molar-refractivity contribution in [2.45, 2.75) is 244 Å². The summed E-state index contributed by atoms with van der Waals surface area (Å²) in [4.78, 5) is 92.8. The van der Waals surface area contributed by atoms with Gasteiger partial charge in [0.15, 0.2) is 0 Å². The van der Waals surface area contributed by atoms with Crippen molar-refractivity contribution in [1.29, 1.82) is 0 Å². The number of carboxylic acid groups (broad SMARTS) is 1. The first-order chi connectivity index (χ1) is 33.9. The minimum absolute atomic E-state index is 0.00352. The van der Waals surface area contributed by atoms with Gasteiger partial charge < -0.3 is 42.4 Å². The molecule has 0 fully saturated rings. The van der Waals surface area contributed by atoms with Crippen molar-refractivity contribution in [1.82, 2.24) is 31.6 Å². The van der Waals surface area contributed by atoms with Crippen LogP contribution in [0.2, 0.25) is 0 Å². The van der Waals surface area contributed by atoms with Crippen LogP contribution >= 0.6 is 0 Å². The number of aromatic amines is 1. The van der Waals surface area contributed by atoms with Gasteiger partial charge in [-0.15, -0.1) is 0 Å². The van der Waals surface area contributed by atoms with Crippen molar-refractivity contribution in [2.24, 2.45) is 5.73 Å². The van der Waals surface area contributed by atoms with Gasteiger partial charge in [0.25, 0.3) is 0 Å². The molecule has 0 spiro atoms. The Morgan fingerprint density at radius 3 is 1.53 bits per heavy atom. The highest BCUT2D eigenvalue weighted by Crippen LogP contribution is 2.20. The fraction of sp³-hybridized carbons (Fsp3) is 0.727. The van der Waals surface area contributed by atoms with Gasteiger partial charge in [0, 0.05) is 42.9 Å². The minimum atomic E-state index is -1.58. The number of hydrogen-bond donors (Lipinski definition) is 8. The predicted octanol–water partition coefficient (Wildman–Crippen LogP) is 9.49. The summed E-state index contributed by atoms with van der Waals surface area (Å²) in [5.74, 6) is -4.87. The predicted molar refractivity (Wildman–Crippen MR) is 280 cm³/mol. The Bertz CT molecular complexity index is 1780. The van der Waals surface area contributed by atoms with Gasteiger partial charge >= 0.3 is 5.97 Å². The largest absolute Gasteiger partial charge is 0.481 e. The number of benzene rings is 1. The normalized spacial score (nSPS) is 12.5. The molecule has 396 valence electrons. The Kier molecular flexibility index (Phi) is 34.7. The van der Waals surface area contributed by atoms with Crippen LogP contribution in [0.15, 0.2) is 30.5 Å². The number of primary amides is 1. The molecule has 0 aliphatic carbocycles. The number of fused-ring (bicyclic) bond motifs is 1. The Hall–Kier alpha value is -4.95. The van der Waals surface area contributed by atoms with E-state index in [0.717, 1.165) is 49.4 Å². The second kappa shape index (κ2) is 39.7. The van der Waals surface area contributed by atoms with E-state index >= 15 is 0 Å². The van der Waals surface area contributed by atoms with Crippen LogP contribution in [-0.2, 0) is 40.0 Å². The average molecular weight is 980 g/mol.